The number of hydrogen-bond donors (Lipinski definition) is 1. The molecule has 3 aromatic carbocycles. The van der Waals surface area contributed by atoms with Gasteiger partial charge >= 0.3 is 0 Å². The molecule has 0 aliphatic carbocycles. The Morgan fingerprint density at radius 1 is 0.710 bits per heavy atom. The van der Waals surface area contributed by atoms with Crippen molar-refractivity contribution in [3.05, 3.63) is 78.4 Å². The molecule has 0 aliphatic heterocycles. The second kappa shape index (κ2) is 9.21. The summed E-state index contributed by atoms with van der Waals surface area (Å²) in [5.74, 6) is 3.23. The van der Waals surface area contributed by atoms with E-state index in [1.165, 1.54) is 0 Å². The zero-order valence-corrected chi connectivity index (χ0v) is 17.7. The molecule has 0 saturated heterocycles. The Labute approximate surface area is 181 Å². The van der Waals surface area contributed by atoms with Gasteiger partial charge in [-0.3, -0.25) is 0 Å². The number of ether oxygens (including phenoxy) is 3. The number of rotatable bonds is 8. The van der Waals surface area contributed by atoms with Gasteiger partial charge in [0.15, 0.2) is 23.1 Å². The number of hydrogen-bond acceptors (Lipinski definition) is 6. The molecule has 7 heteroatoms. The van der Waals surface area contributed by atoms with E-state index >= 15 is 0 Å². The summed E-state index contributed by atoms with van der Waals surface area (Å²) < 4.78 is 18.3. The lowest BCUT2D eigenvalue weighted by Gasteiger charge is -2.16. The largest absolute Gasteiger partial charge is 0.493 e. The van der Waals surface area contributed by atoms with E-state index in [4.69, 9.17) is 14.2 Å². The van der Waals surface area contributed by atoms with Crippen molar-refractivity contribution >= 4 is 0 Å². The lowest BCUT2D eigenvalue weighted by Crippen LogP contribution is -2.17. The fourth-order valence-electron chi connectivity index (χ4n) is 3.39. The van der Waals surface area contributed by atoms with E-state index in [0.29, 0.717) is 23.8 Å². The Kier molecular flexibility index (Phi) is 6.03. The van der Waals surface area contributed by atoms with E-state index in [2.05, 4.69) is 15.6 Å². The third kappa shape index (κ3) is 4.16. The summed E-state index contributed by atoms with van der Waals surface area (Å²) in [6.45, 7) is 0.494. The fourth-order valence-corrected chi connectivity index (χ4v) is 3.39. The molecule has 4 aromatic rings. The van der Waals surface area contributed by atoms with Crippen LogP contribution in [-0.4, -0.2) is 36.2 Å². The summed E-state index contributed by atoms with van der Waals surface area (Å²) in [6.07, 6.45) is 0. The van der Waals surface area contributed by atoms with Gasteiger partial charge in [0.1, 0.15) is 0 Å². The molecule has 31 heavy (non-hydrogen) atoms. The smallest absolute Gasteiger partial charge is 0.203 e. The molecule has 0 saturated carbocycles. The molecular weight excluding hydrogens is 392 g/mol. The molecule has 158 valence electrons. The highest BCUT2D eigenvalue weighted by atomic mass is 16.5. The van der Waals surface area contributed by atoms with E-state index in [1.807, 2.05) is 77.5 Å². The van der Waals surface area contributed by atoms with Crippen LogP contribution in [0.25, 0.3) is 22.8 Å². The van der Waals surface area contributed by atoms with Crippen molar-refractivity contribution in [2.75, 3.05) is 26.8 Å². The summed E-state index contributed by atoms with van der Waals surface area (Å²) in [5.41, 5.74) is 6.35. The Bertz CT molecular complexity index is 1060. The number of benzene rings is 3. The third-order valence-corrected chi connectivity index (χ3v) is 4.89. The molecule has 0 aliphatic rings. The maximum absolute atomic E-state index is 5.48. The number of nitrogens with one attached hydrogen (secondary N) is 1. The topological polar surface area (TPSA) is 70.4 Å². The molecule has 1 heterocycles. The van der Waals surface area contributed by atoms with Gasteiger partial charge in [0.2, 0.25) is 5.75 Å². The molecule has 4 rings (SSSR count). The van der Waals surface area contributed by atoms with Crippen LogP contribution in [0.3, 0.4) is 0 Å². The van der Waals surface area contributed by atoms with Crippen LogP contribution < -0.4 is 19.6 Å². The van der Waals surface area contributed by atoms with Crippen molar-refractivity contribution in [3.63, 3.8) is 0 Å². The van der Waals surface area contributed by atoms with Gasteiger partial charge in [-0.2, -0.15) is 0 Å². The van der Waals surface area contributed by atoms with Gasteiger partial charge in [-0.1, -0.05) is 60.7 Å². The quantitative estimate of drug-likeness (QED) is 0.460. The van der Waals surface area contributed by atoms with Crippen molar-refractivity contribution in [3.8, 4) is 40.0 Å². The van der Waals surface area contributed by atoms with Gasteiger partial charge in [-0.15, -0.1) is 10.2 Å². The lowest BCUT2D eigenvalue weighted by atomic mass is 10.2. The Balaban J connectivity index is 1.72. The molecule has 1 N–H and O–H groups in total. The molecule has 0 amide bonds. The summed E-state index contributed by atoms with van der Waals surface area (Å²) in [6, 6.07) is 23.8. The second-order valence-corrected chi connectivity index (χ2v) is 6.78. The Morgan fingerprint density at radius 3 is 1.61 bits per heavy atom. The summed E-state index contributed by atoms with van der Waals surface area (Å²) >= 11 is 0. The zero-order chi connectivity index (χ0) is 21.6. The van der Waals surface area contributed by atoms with Crippen LogP contribution in [-0.2, 0) is 6.54 Å². The van der Waals surface area contributed by atoms with E-state index in [9.17, 15) is 0 Å². The first-order chi connectivity index (χ1) is 15.2. The van der Waals surface area contributed by atoms with Crippen molar-refractivity contribution in [1.82, 2.24) is 14.9 Å². The fraction of sp³-hybridized carbons (Fsp3) is 0.167. The van der Waals surface area contributed by atoms with Crippen LogP contribution in [0.15, 0.2) is 72.8 Å². The lowest BCUT2D eigenvalue weighted by molar-refractivity contribution is 0.324. The molecule has 0 atom stereocenters. The predicted molar refractivity (Wildman–Crippen MR) is 120 cm³/mol. The molecule has 1 aromatic heterocycles. The van der Waals surface area contributed by atoms with Crippen LogP contribution in [0.4, 0.5) is 0 Å². The molecule has 0 fully saturated rings. The minimum atomic E-state index is 0.494. The highest BCUT2D eigenvalue weighted by Crippen LogP contribution is 2.38. The van der Waals surface area contributed by atoms with Gasteiger partial charge in [0.05, 0.1) is 27.9 Å². The molecule has 7 nitrogen and oxygen atoms in total. The average molecular weight is 416 g/mol. The van der Waals surface area contributed by atoms with Crippen molar-refractivity contribution in [2.24, 2.45) is 0 Å². The zero-order valence-electron chi connectivity index (χ0n) is 17.7. The molecule has 0 radical (unpaired) electrons. The minimum absolute atomic E-state index is 0.494. The first kappa shape index (κ1) is 20.3. The third-order valence-electron chi connectivity index (χ3n) is 4.89. The molecule has 0 unspecified atom stereocenters. The van der Waals surface area contributed by atoms with Crippen LogP contribution in [0, 0.1) is 0 Å². The van der Waals surface area contributed by atoms with Gasteiger partial charge in [0, 0.05) is 11.1 Å². The minimum Gasteiger partial charge on any atom is -0.493 e. The van der Waals surface area contributed by atoms with Crippen LogP contribution >= 0.6 is 0 Å². The van der Waals surface area contributed by atoms with Crippen LogP contribution in [0.2, 0.25) is 0 Å². The predicted octanol–water partition coefficient (Wildman–Crippen LogP) is 4.38. The molecule has 0 spiro atoms. The monoisotopic (exact) mass is 416 g/mol. The normalized spacial score (nSPS) is 10.5. The number of methoxy groups -OCH3 is 3. The highest BCUT2D eigenvalue weighted by Gasteiger charge is 2.17. The van der Waals surface area contributed by atoms with Crippen LogP contribution in [0.1, 0.15) is 5.56 Å². The number of nitrogens with zero attached hydrogens (tertiary/aromatic N) is 3. The standard InChI is InChI=1S/C24H24N4O3/c1-29-20-14-17(15-21(30-2)22(20)31-3)16-25-28-23(18-10-6-4-7-11-18)26-27-24(28)19-12-8-5-9-13-19/h4-15,25H,16H2,1-3H3. The first-order valence-corrected chi connectivity index (χ1v) is 9.84. The SMILES string of the molecule is COc1cc(CNn2c(-c3ccccc3)nnc2-c2ccccc2)cc(OC)c1OC. The van der Waals surface area contributed by atoms with Gasteiger partial charge in [-0.25, -0.2) is 4.68 Å². The summed E-state index contributed by atoms with van der Waals surface area (Å²) in [5, 5.41) is 8.90. The van der Waals surface area contributed by atoms with E-state index in [1.54, 1.807) is 21.3 Å². The highest BCUT2D eigenvalue weighted by molar-refractivity contribution is 5.63. The second-order valence-electron chi connectivity index (χ2n) is 6.78. The average Bonchev–Trinajstić information content (AvgIpc) is 3.27. The van der Waals surface area contributed by atoms with Gasteiger partial charge in [-0.05, 0) is 17.7 Å². The Hall–Kier alpha value is -4.00. The molecule has 0 bridgehead atoms. The summed E-state index contributed by atoms with van der Waals surface area (Å²) in [7, 11) is 4.80. The van der Waals surface area contributed by atoms with Gasteiger partial charge in [0.25, 0.3) is 0 Å². The maximum Gasteiger partial charge on any atom is 0.203 e. The first-order valence-electron chi connectivity index (χ1n) is 9.84. The van der Waals surface area contributed by atoms with Crippen LogP contribution in [0.5, 0.6) is 17.2 Å². The van der Waals surface area contributed by atoms with Gasteiger partial charge < -0.3 is 19.6 Å². The molecular formula is C24H24N4O3. The Morgan fingerprint density at radius 2 is 1.19 bits per heavy atom. The van der Waals surface area contributed by atoms with E-state index < -0.39 is 0 Å². The van der Waals surface area contributed by atoms with E-state index in [-0.39, 0.29) is 0 Å². The van der Waals surface area contributed by atoms with E-state index in [0.717, 1.165) is 28.3 Å². The summed E-state index contributed by atoms with van der Waals surface area (Å²) in [4.78, 5) is 0. The number of aromatic nitrogens is 3. The van der Waals surface area contributed by atoms with Crippen molar-refractivity contribution in [2.45, 2.75) is 6.54 Å². The maximum atomic E-state index is 5.48. The van der Waals surface area contributed by atoms with Crippen molar-refractivity contribution in [1.29, 1.82) is 0 Å². The van der Waals surface area contributed by atoms with Crippen molar-refractivity contribution < 1.29 is 14.2 Å².